The van der Waals surface area contributed by atoms with Crippen LogP contribution >= 0.6 is 0 Å². The molecule has 3 heteroatoms. The normalized spacial score (nSPS) is 12.5. The van der Waals surface area contributed by atoms with Crippen LogP contribution in [0.3, 0.4) is 0 Å². The van der Waals surface area contributed by atoms with Crippen molar-refractivity contribution in [1.29, 1.82) is 0 Å². The molecule has 0 aliphatic carbocycles. The molecule has 0 radical (unpaired) electrons. The van der Waals surface area contributed by atoms with E-state index in [1.165, 1.54) is 17.6 Å². The Balaban J connectivity index is 2.20. The van der Waals surface area contributed by atoms with Gasteiger partial charge in [-0.05, 0) is 33.6 Å². The molecule has 0 amide bonds. The molecule has 1 unspecified atom stereocenters. The summed E-state index contributed by atoms with van der Waals surface area (Å²) < 4.78 is 1.84. The second-order valence-electron chi connectivity index (χ2n) is 4.66. The maximum atomic E-state index is 4.15. The lowest BCUT2D eigenvalue weighted by Crippen LogP contribution is -2.24. The highest BCUT2D eigenvalue weighted by Gasteiger charge is 2.01. The Kier molecular flexibility index (Phi) is 5.26. The van der Waals surface area contributed by atoms with E-state index < -0.39 is 0 Å². The van der Waals surface area contributed by atoms with Gasteiger partial charge in [-0.25, -0.2) is 0 Å². The van der Waals surface area contributed by atoms with Gasteiger partial charge < -0.3 is 5.32 Å². The van der Waals surface area contributed by atoms with E-state index in [0.717, 1.165) is 13.0 Å². The molecule has 1 heterocycles. The van der Waals surface area contributed by atoms with Gasteiger partial charge in [0.25, 0.3) is 0 Å². The van der Waals surface area contributed by atoms with Crippen LogP contribution in [-0.4, -0.2) is 15.8 Å². The molecular formula is C13H23N3. The molecule has 90 valence electrons. The summed E-state index contributed by atoms with van der Waals surface area (Å²) >= 11 is 0. The monoisotopic (exact) mass is 221 g/mol. The number of aromatic nitrogens is 2. The number of hydrogen-bond acceptors (Lipinski definition) is 2. The number of nitrogens with zero attached hydrogens (tertiary/aromatic N) is 2. The molecule has 0 bridgehead atoms. The van der Waals surface area contributed by atoms with Gasteiger partial charge in [0.2, 0.25) is 0 Å². The second kappa shape index (κ2) is 6.48. The van der Waals surface area contributed by atoms with Crippen molar-refractivity contribution in [3.8, 4) is 0 Å². The maximum absolute atomic E-state index is 4.15. The molecule has 0 spiro atoms. The second-order valence-corrected chi connectivity index (χ2v) is 4.66. The van der Waals surface area contributed by atoms with Gasteiger partial charge in [0.1, 0.15) is 0 Å². The molecule has 3 nitrogen and oxygen atoms in total. The first-order valence-corrected chi connectivity index (χ1v) is 5.92. The maximum Gasteiger partial charge on any atom is 0.0534 e. The minimum atomic E-state index is 0.552. The highest BCUT2D eigenvalue weighted by molar-refractivity contribution is 5.03. The van der Waals surface area contributed by atoms with Gasteiger partial charge in [0.05, 0.1) is 6.20 Å². The summed E-state index contributed by atoms with van der Waals surface area (Å²) in [5.41, 5.74) is 2.65. The minimum absolute atomic E-state index is 0.552. The molecule has 1 aromatic rings. The smallest absolute Gasteiger partial charge is 0.0534 e. The number of rotatable bonds is 6. The van der Waals surface area contributed by atoms with Gasteiger partial charge in [0, 0.05) is 31.4 Å². The Bertz CT molecular complexity index is 335. The molecule has 0 fully saturated rings. The van der Waals surface area contributed by atoms with E-state index in [0.29, 0.717) is 6.04 Å². The van der Waals surface area contributed by atoms with Gasteiger partial charge in [-0.1, -0.05) is 11.6 Å². The van der Waals surface area contributed by atoms with E-state index in [9.17, 15) is 0 Å². The first-order valence-electron chi connectivity index (χ1n) is 5.92. The number of nitrogens with one attached hydrogen (secondary N) is 1. The van der Waals surface area contributed by atoms with Crippen LogP contribution in [0.1, 0.15) is 39.2 Å². The Morgan fingerprint density at radius 2 is 2.31 bits per heavy atom. The van der Waals surface area contributed by atoms with Crippen molar-refractivity contribution in [2.75, 3.05) is 0 Å². The largest absolute Gasteiger partial charge is 0.310 e. The van der Waals surface area contributed by atoms with Crippen LogP contribution in [0.5, 0.6) is 0 Å². The SMILES string of the molecule is CC(C)=CCCC(C)NCc1cnn(C)c1. The molecule has 16 heavy (non-hydrogen) atoms. The van der Waals surface area contributed by atoms with Crippen LogP contribution in [0.25, 0.3) is 0 Å². The van der Waals surface area contributed by atoms with Gasteiger partial charge in [0.15, 0.2) is 0 Å². The topological polar surface area (TPSA) is 29.9 Å². The fourth-order valence-corrected chi connectivity index (χ4v) is 1.58. The first-order chi connectivity index (χ1) is 7.58. The predicted molar refractivity (Wildman–Crippen MR) is 68.2 cm³/mol. The minimum Gasteiger partial charge on any atom is -0.310 e. The van der Waals surface area contributed by atoms with Crippen molar-refractivity contribution in [3.63, 3.8) is 0 Å². The molecule has 1 atom stereocenters. The predicted octanol–water partition coefficient (Wildman–Crippen LogP) is 2.64. The zero-order valence-electron chi connectivity index (χ0n) is 10.8. The first kappa shape index (κ1) is 13.0. The highest BCUT2D eigenvalue weighted by Crippen LogP contribution is 2.03. The number of allylic oxidation sites excluding steroid dienone is 2. The van der Waals surface area contributed by atoms with Crippen molar-refractivity contribution in [2.24, 2.45) is 7.05 Å². The summed E-state index contributed by atoms with van der Waals surface area (Å²) in [7, 11) is 1.95. The van der Waals surface area contributed by atoms with Crippen LogP contribution in [0.2, 0.25) is 0 Å². The summed E-state index contributed by atoms with van der Waals surface area (Å²) in [5.74, 6) is 0. The average molecular weight is 221 g/mol. The Hall–Kier alpha value is -1.09. The molecule has 0 saturated heterocycles. The third-order valence-corrected chi connectivity index (χ3v) is 2.57. The lowest BCUT2D eigenvalue weighted by atomic mass is 10.1. The van der Waals surface area contributed by atoms with E-state index in [1.807, 2.05) is 17.9 Å². The van der Waals surface area contributed by atoms with Crippen LogP contribution in [0.15, 0.2) is 24.0 Å². The van der Waals surface area contributed by atoms with E-state index >= 15 is 0 Å². The highest BCUT2D eigenvalue weighted by atomic mass is 15.2. The molecule has 1 aromatic heterocycles. The lowest BCUT2D eigenvalue weighted by molar-refractivity contribution is 0.517. The van der Waals surface area contributed by atoms with E-state index in [2.05, 4.69) is 43.5 Å². The Labute approximate surface area is 98.5 Å². The fourth-order valence-electron chi connectivity index (χ4n) is 1.58. The van der Waals surface area contributed by atoms with Gasteiger partial charge >= 0.3 is 0 Å². The quantitative estimate of drug-likeness (QED) is 0.748. The standard InChI is InChI=1S/C13H23N3/c1-11(2)6-5-7-12(3)14-8-13-9-15-16(4)10-13/h6,9-10,12,14H,5,7-8H2,1-4H3. The summed E-state index contributed by atoms with van der Waals surface area (Å²) in [6, 6.07) is 0.552. The summed E-state index contributed by atoms with van der Waals surface area (Å²) in [6.07, 6.45) is 8.60. The van der Waals surface area contributed by atoms with Crippen LogP contribution in [0, 0.1) is 0 Å². The molecule has 0 aliphatic heterocycles. The van der Waals surface area contributed by atoms with Gasteiger partial charge in [-0.15, -0.1) is 0 Å². The number of hydrogen-bond donors (Lipinski definition) is 1. The van der Waals surface area contributed by atoms with Crippen molar-refractivity contribution in [1.82, 2.24) is 15.1 Å². The third kappa shape index (κ3) is 5.12. The number of aryl methyl sites for hydroxylation is 1. The van der Waals surface area contributed by atoms with Gasteiger partial charge in [-0.3, -0.25) is 4.68 Å². The zero-order chi connectivity index (χ0) is 12.0. The average Bonchev–Trinajstić information content (AvgIpc) is 2.61. The molecule has 0 aromatic carbocycles. The summed E-state index contributed by atoms with van der Waals surface area (Å²) in [4.78, 5) is 0. The van der Waals surface area contributed by atoms with E-state index in [1.54, 1.807) is 0 Å². The van der Waals surface area contributed by atoms with E-state index in [4.69, 9.17) is 0 Å². The van der Waals surface area contributed by atoms with E-state index in [-0.39, 0.29) is 0 Å². The summed E-state index contributed by atoms with van der Waals surface area (Å²) in [6.45, 7) is 7.43. The van der Waals surface area contributed by atoms with Crippen LogP contribution in [0.4, 0.5) is 0 Å². The molecule has 0 aliphatic rings. The molecule has 1 rings (SSSR count). The van der Waals surface area contributed by atoms with Crippen LogP contribution < -0.4 is 5.32 Å². The summed E-state index contributed by atoms with van der Waals surface area (Å²) in [5, 5.41) is 7.65. The van der Waals surface area contributed by atoms with Crippen molar-refractivity contribution >= 4 is 0 Å². The van der Waals surface area contributed by atoms with Crippen LogP contribution in [-0.2, 0) is 13.6 Å². The Morgan fingerprint density at radius 3 is 2.88 bits per heavy atom. The van der Waals surface area contributed by atoms with Gasteiger partial charge in [-0.2, -0.15) is 5.10 Å². The van der Waals surface area contributed by atoms with Crippen molar-refractivity contribution in [3.05, 3.63) is 29.6 Å². The molecule has 0 saturated carbocycles. The third-order valence-electron chi connectivity index (χ3n) is 2.57. The fraction of sp³-hybridized carbons (Fsp3) is 0.615. The van der Waals surface area contributed by atoms with Crippen molar-refractivity contribution in [2.45, 2.75) is 46.2 Å². The van der Waals surface area contributed by atoms with Crippen molar-refractivity contribution < 1.29 is 0 Å². The molecule has 1 N–H and O–H groups in total. The Morgan fingerprint density at radius 1 is 1.56 bits per heavy atom. The zero-order valence-corrected chi connectivity index (χ0v) is 10.8. The lowest BCUT2D eigenvalue weighted by Gasteiger charge is -2.11. The molecular weight excluding hydrogens is 198 g/mol.